The van der Waals surface area contributed by atoms with E-state index in [1.165, 1.54) is 218 Å². The van der Waals surface area contributed by atoms with E-state index < -0.39 is 12.1 Å². The first-order valence-electron chi connectivity index (χ1n) is 31.2. The average Bonchev–Trinajstić information content (AvgIpc) is 3.36. The molecule has 0 aliphatic rings. The number of nitrogens with one attached hydrogen (secondary N) is 1. The zero-order valence-electron chi connectivity index (χ0n) is 47.0. The molecule has 0 bridgehead atoms. The molecule has 3 N–H and O–H groups in total. The molecule has 0 aromatic rings. The van der Waals surface area contributed by atoms with Gasteiger partial charge in [0.2, 0.25) is 5.91 Å². The topological polar surface area (TPSA) is 95.9 Å². The Morgan fingerprint density at radius 2 is 0.714 bits per heavy atom. The van der Waals surface area contributed by atoms with Gasteiger partial charge in [-0.3, -0.25) is 9.59 Å². The first-order chi connectivity index (χ1) is 34.5. The Balaban J connectivity index is 3.49. The number of esters is 1. The molecule has 0 fully saturated rings. The summed E-state index contributed by atoms with van der Waals surface area (Å²) in [5.74, 6) is -0.0717. The molecule has 0 saturated carbocycles. The maximum Gasteiger partial charge on any atom is 0.305 e. The molecule has 0 rings (SSSR count). The highest BCUT2D eigenvalue weighted by Crippen LogP contribution is 2.17. The van der Waals surface area contributed by atoms with Crippen molar-refractivity contribution in [3.05, 3.63) is 36.5 Å². The summed E-state index contributed by atoms with van der Waals surface area (Å²) in [4.78, 5) is 24.6. The van der Waals surface area contributed by atoms with Crippen molar-refractivity contribution in [2.45, 2.75) is 347 Å². The van der Waals surface area contributed by atoms with Crippen molar-refractivity contribution in [1.82, 2.24) is 5.32 Å². The van der Waals surface area contributed by atoms with Crippen LogP contribution in [0.2, 0.25) is 0 Å². The third kappa shape index (κ3) is 55.4. The summed E-state index contributed by atoms with van der Waals surface area (Å²) in [6, 6.07) is -0.555. The monoisotopic (exact) mass is 984 g/mol. The van der Waals surface area contributed by atoms with Crippen LogP contribution in [0.5, 0.6) is 0 Å². The molecule has 0 heterocycles. The molecule has 0 aliphatic heterocycles. The van der Waals surface area contributed by atoms with Gasteiger partial charge in [0.25, 0.3) is 0 Å². The minimum absolute atomic E-state index is 0.0230. The molecule has 412 valence electrons. The van der Waals surface area contributed by atoms with E-state index in [0.29, 0.717) is 25.9 Å². The number of hydrogen-bond donors (Lipinski definition) is 3. The van der Waals surface area contributed by atoms with Crippen LogP contribution in [0.4, 0.5) is 0 Å². The van der Waals surface area contributed by atoms with Crippen LogP contribution >= 0.6 is 0 Å². The molecule has 70 heavy (non-hydrogen) atoms. The summed E-state index contributed by atoms with van der Waals surface area (Å²) in [5.41, 5.74) is 0. The van der Waals surface area contributed by atoms with Gasteiger partial charge in [-0.1, -0.05) is 269 Å². The van der Waals surface area contributed by atoms with E-state index >= 15 is 0 Å². The Morgan fingerprint density at radius 3 is 1.10 bits per heavy atom. The highest BCUT2D eigenvalue weighted by atomic mass is 16.5. The highest BCUT2D eigenvalue weighted by Gasteiger charge is 2.20. The summed E-state index contributed by atoms with van der Waals surface area (Å²) in [6.45, 7) is 4.92. The minimum atomic E-state index is -0.677. The van der Waals surface area contributed by atoms with Gasteiger partial charge in [-0.05, 0) is 89.9 Å². The Bertz CT molecular complexity index is 1130. The minimum Gasteiger partial charge on any atom is -0.466 e. The van der Waals surface area contributed by atoms with Gasteiger partial charge in [0, 0.05) is 12.8 Å². The van der Waals surface area contributed by atoms with Crippen molar-refractivity contribution in [3.8, 4) is 0 Å². The average molecular weight is 985 g/mol. The fourth-order valence-electron chi connectivity index (χ4n) is 9.61. The lowest BCUT2D eigenvalue weighted by molar-refractivity contribution is -0.143. The van der Waals surface area contributed by atoms with E-state index in [9.17, 15) is 19.8 Å². The Morgan fingerprint density at radius 1 is 0.400 bits per heavy atom. The first-order valence-corrected chi connectivity index (χ1v) is 31.2. The van der Waals surface area contributed by atoms with Crippen molar-refractivity contribution in [2.75, 3.05) is 13.2 Å². The molecule has 0 aromatic carbocycles. The molecule has 0 spiro atoms. The number of amides is 1. The van der Waals surface area contributed by atoms with Crippen LogP contribution in [0, 0.1) is 0 Å². The van der Waals surface area contributed by atoms with Crippen molar-refractivity contribution in [2.24, 2.45) is 0 Å². The van der Waals surface area contributed by atoms with Gasteiger partial charge in [-0.2, -0.15) is 0 Å². The van der Waals surface area contributed by atoms with Gasteiger partial charge >= 0.3 is 5.97 Å². The van der Waals surface area contributed by atoms with E-state index in [1.807, 2.05) is 0 Å². The van der Waals surface area contributed by atoms with E-state index in [-0.39, 0.29) is 18.5 Å². The van der Waals surface area contributed by atoms with Gasteiger partial charge in [-0.25, -0.2) is 0 Å². The van der Waals surface area contributed by atoms with Crippen molar-refractivity contribution in [1.29, 1.82) is 0 Å². The van der Waals surface area contributed by atoms with E-state index in [2.05, 4.69) is 55.6 Å². The third-order valence-electron chi connectivity index (χ3n) is 14.4. The van der Waals surface area contributed by atoms with Gasteiger partial charge in [0.05, 0.1) is 25.4 Å². The van der Waals surface area contributed by atoms with Gasteiger partial charge in [0.15, 0.2) is 0 Å². The van der Waals surface area contributed by atoms with E-state index in [0.717, 1.165) is 83.5 Å². The van der Waals surface area contributed by atoms with Crippen LogP contribution in [0.25, 0.3) is 0 Å². The number of carbonyl (C=O) groups excluding carboxylic acids is 2. The van der Waals surface area contributed by atoms with Crippen molar-refractivity contribution in [3.63, 3.8) is 0 Å². The normalized spacial score (nSPS) is 12.8. The fourth-order valence-corrected chi connectivity index (χ4v) is 9.61. The second kappa shape index (κ2) is 59.6. The summed E-state index contributed by atoms with van der Waals surface area (Å²) < 4.78 is 5.45. The standard InChI is InChI=1S/C64H121NO5/c1-3-5-7-9-11-13-15-17-19-20-21-22-23-25-29-32-36-40-44-48-52-56-62(67)61(60-66)65-63(68)57-53-49-45-41-37-33-30-26-24-27-31-35-39-43-47-51-55-59-70-64(69)58-54-50-46-42-38-34-28-18-16-14-12-10-8-6-4-2/h18,24,27-28,35,39,61-62,66-67H,3-17,19-23,25-26,29-34,36-38,40-60H2,1-2H3,(H,65,68)/b27-24-,28-18-,39-35-. The smallest absolute Gasteiger partial charge is 0.305 e. The number of carbonyl (C=O) groups is 2. The van der Waals surface area contributed by atoms with E-state index in [4.69, 9.17) is 4.74 Å². The molecule has 0 aromatic heterocycles. The second-order valence-corrected chi connectivity index (χ2v) is 21.4. The molecule has 6 heteroatoms. The predicted octanol–water partition coefficient (Wildman–Crippen LogP) is 19.6. The predicted molar refractivity (Wildman–Crippen MR) is 306 cm³/mol. The second-order valence-electron chi connectivity index (χ2n) is 21.4. The Hall–Kier alpha value is -1.92. The zero-order valence-corrected chi connectivity index (χ0v) is 47.0. The summed E-state index contributed by atoms with van der Waals surface area (Å²) in [6.07, 6.45) is 74.3. The number of ether oxygens (including phenoxy) is 1. The molecular formula is C64H121NO5. The van der Waals surface area contributed by atoms with Gasteiger partial charge in [0.1, 0.15) is 0 Å². The molecule has 2 unspecified atom stereocenters. The van der Waals surface area contributed by atoms with Crippen LogP contribution < -0.4 is 5.32 Å². The summed E-state index contributed by atoms with van der Waals surface area (Å²) >= 11 is 0. The van der Waals surface area contributed by atoms with Crippen LogP contribution in [0.1, 0.15) is 335 Å². The van der Waals surface area contributed by atoms with Crippen LogP contribution in [-0.4, -0.2) is 47.4 Å². The largest absolute Gasteiger partial charge is 0.466 e. The lowest BCUT2D eigenvalue weighted by Crippen LogP contribution is -2.45. The van der Waals surface area contributed by atoms with Crippen molar-refractivity contribution >= 4 is 11.9 Å². The quantitative estimate of drug-likeness (QED) is 0.0321. The fraction of sp³-hybridized carbons (Fsp3) is 0.875. The maximum absolute atomic E-state index is 12.5. The number of allylic oxidation sites excluding steroid dienone is 6. The molecular weight excluding hydrogens is 863 g/mol. The number of aliphatic hydroxyl groups is 2. The highest BCUT2D eigenvalue weighted by molar-refractivity contribution is 5.76. The van der Waals surface area contributed by atoms with Crippen molar-refractivity contribution < 1.29 is 24.5 Å². The Kier molecular flexibility index (Phi) is 58.0. The molecule has 0 radical (unpaired) electrons. The SMILES string of the molecule is CCCCCCCC/C=C\CCCCCCCC(=O)OCCCCC/C=C\C/C=C\CCCCCCCCCC(=O)NC(CO)C(O)CCCCCCCCCCCCCCCCCCCCCCC. The molecule has 0 aliphatic carbocycles. The maximum atomic E-state index is 12.5. The van der Waals surface area contributed by atoms with Gasteiger partial charge < -0.3 is 20.3 Å². The first kappa shape index (κ1) is 68.1. The molecule has 6 nitrogen and oxygen atoms in total. The lowest BCUT2D eigenvalue weighted by atomic mass is 10.0. The Labute approximate surface area is 436 Å². The van der Waals surface area contributed by atoms with Gasteiger partial charge in [-0.15, -0.1) is 0 Å². The van der Waals surface area contributed by atoms with Crippen LogP contribution in [-0.2, 0) is 14.3 Å². The number of hydrogen-bond acceptors (Lipinski definition) is 5. The third-order valence-corrected chi connectivity index (χ3v) is 14.4. The van der Waals surface area contributed by atoms with E-state index in [1.54, 1.807) is 0 Å². The number of rotatable bonds is 58. The summed E-state index contributed by atoms with van der Waals surface area (Å²) in [7, 11) is 0. The molecule has 1 amide bonds. The molecule has 2 atom stereocenters. The van der Waals surface area contributed by atoms with Crippen LogP contribution in [0.15, 0.2) is 36.5 Å². The lowest BCUT2D eigenvalue weighted by Gasteiger charge is -2.22. The molecule has 0 saturated heterocycles. The zero-order chi connectivity index (χ0) is 50.7. The number of aliphatic hydroxyl groups excluding tert-OH is 2. The van der Waals surface area contributed by atoms with Crippen LogP contribution in [0.3, 0.4) is 0 Å². The summed E-state index contributed by atoms with van der Waals surface area (Å²) in [5, 5.41) is 23.4. The number of unbranched alkanes of at least 4 members (excludes halogenated alkanes) is 41.